The third-order valence-corrected chi connectivity index (χ3v) is 4.09. The predicted octanol–water partition coefficient (Wildman–Crippen LogP) is 2.28. The minimum atomic E-state index is -0.0787. The molecule has 2 aromatic heterocycles. The zero-order valence-corrected chi connectivity index (χ0v) is 13.1. The molecule has 0 radical (unpaired) electrons. The summed E-state index contributed by atoms with van der Waals surface area (Å²) in [5.74, 6) is 1.33. The third-order valence-electron chi connectivity index (χ3n) is 4.09. The molecule has 0 aliphatic carbocycles. The number of nitrogens with zero attached hydrogens (tertiary/aromatic N) is 2. The lowest BCUT2D eigenvalue weighted by molar-refractivity contribution is -0.00302. The maximum atomic E-state index is 12.4. The molecular weight excluding hydrogens is 282 g/mol. The second kappa shape index (κ2) is 5.96. The van der Waals surface area contributed by atoms with Gasteiger partial charge in [-0.3, -0.25) is 4.79 Å². The zero-order valence-electron chi connectivity index (χ0n) is 13.1. The Hall–Kier alpha value is -2.08. The average Bonchev–Trinajstić information content (AvgIpc) is 3.04. The van der Waals surface area contributed by atoms with E-state index in [-0.39, 0.29) is 18.1 Å². The number of carbonyl (C=O) groups excluding carboxylic acids is 1. The second-order valence-corrected chi connectivity index (χ2v) is 5.81. The fourth-order valence-corrected chi connectivity index (χ4v) is 2.93. The summed E-state index contributed by atoms with van der Waals surface area (Å²) in [5, 5.41) is 3.09. The molecule has 6 nitrogen and oxygen atoms in total. The van der Waals surface area contributed by atoms with Gasteiger partial charge in [-0.1, -0.05) is 0 Å². The molecule has 3 rings (SSSR count). The Bertz CT molecular complexity index is 674. The van der Waals surface area contributed by atoms with Crippen LogP contribution in [0.25, 0.3) is 0 Å². The first-order valence-electron chi connectivity index (χ1n) is 7.50. The number of rotatable bonds is 3. The van der Waals surface area contributed by atoms with E-state index in [9.17, 15) is 4.79 Å². The van der Waals surface area contributed by atoms with Crippen LogP contribution in [0.3, 0.4) is 0 Å². The van der Waals surface area contributed by atoms with Gasteiger partial charge in [0.25, 0.3) is 5.91 Å². The summed E-state index contributed by atoms with van der Waals surface area (Å²) in [5.41, 5.74) is 1.65. The van der Waals surface area contributed by atoms with E-state index < -0.39 is 0 Å². The number of amides is 1. The van der Waals surface area contributed by atoms with Gasteiger partial charge in [0.1, 0.15) is 17.6 Å². The molecule has 1 aliphatic heterocycles. The van der Waals surface area contributed by atoms with E-state index in [4.69, 9.17) is 9.15 Å². The molecule has 0 unspecified atom stereocenters. The van der Waals surface area contributed by atoms with Crippen molar-refractivity contribution in [3.63, 3.8) is 0 Å². The van der Waals surface area contributed by atoms with Crippen LogP contribution in [-0.2, 0) is 11.8 Å². The number of carbonyl (C=O) groups is 1. The Labute approximate surface area is 129 Å². The van der Waals surface area contributed by atoms with Crippen molar-refractivity contribution in [2.24, 2.45) is 7.05 Å². The fourth-order valence-electron chi connectivity index (χ4n) is 2.93. The summed E-state index contributed by atoms with van der Waals surface area (Å²) in [6.07, 6.45) is 5.12. The average molecular weight is 303 g/mol. The molecule has 22 heavy (non-hydrogen) atoms. The number of furan rings is 1. The first-order chi connectivity index (χ1) is 10.5. The topological polar surface area (TPSA) is 69.3 Å². The number of nitrogens with one attached hydrogen (secondary N) is 1. The molecule has 1 N–H and O–H groups in total. The Morgan fingerprint density at radius 3 is 2.91 bits per heavy atom. The number of hydrogen-bond acceptors (Lipinski definition) is 4. The van der Waals surface area contributed by atoms with Crippen LogP contribution in [0.1, 0.15) is 46.5 Å². The Morgan fingerprint density at radius 2 is 2.27 bits per heavy atom. The lowest BCUT2D eigenvalue weighted by atomic mass is 10.0. The quantitative estimate of drug-likeness (QED) is 0.944. The standard InChI is InChI=1S/C16H21N3O3/c1-10-6-13(11(2)22-10)16(20)18-12-4-5-21-15(7-12)14-8-17-9-19(14)3/h6,8-9,12,15H,4-5,7H2,1-3H3,(H,18,20)/t12-,15+/m0/s1. The predicted molar refractivity (Wildman–Crippen MR) is 80.6 cm³/mol. The largest absolute Gasteiger partial charge is 0.466 e. The maximum Gasteiger partial charge on any atom is 0.255 e. The van der Waals surface area contributed by atoms with E-state index >= 15 is 0 Å². The van der Waals surface area contributed by atoms with Gasteiger partial charge in [-0.25, -0.2) is 4.98 Å². The molecule has 6 heteroatoms. The van der Waals surface area contributed by atoms with Crippen LogP contribution >= 0.6 is 0 Å². The molecule has 3 heterocycles. The molecule has 0 saturated carbocycles. The minimum Gasteiger partial charge on any atom is -0.466 e. The lowest BCUT2D eigenvalue weighted by Crippen LogP contribution is -2.40. The Kier molecular flexibility index (Phi) is 4.02. The molecule has 1 saturated heterocycles. The van der Waals surface area contributed by atoms with Crippen LogP contribution in [0.4, 0.5) is 0 Å². The molecule has 1 aliphatic rings. The van der Waals surface area contributed by atoms with Gasteiger partial charge < -0.3 is 19.0 Å². The molecule has 1 fully saturated rings. The summed E-state index contributed by atoms with van der Waals surface area (Å²) in [7, 11) is 1.95. The van der Waals surface area contributed by atoms with Crippen LogP contribution in [-0.4, -0.2) is 28.1 Å². The SMILES string of the molecule is Cc1cc(C(=O)N[C@H]2CCO[C@@H](c3cncn3C)C2)c(C)o1. The van der Waals surface area contributed by atoms with Gasteiger partial charge in [-0.05, 0) is 32.8 Å². The van der Waals surface area contributed by atoms with Gasteiger partial charge in [-0.15, -0.1) is 0 Å². The van der Waals surface area contributed by atoms with Gasteiger partial charge in [0.15, 0.2) is 0 Å². The summed E-state index contributed by atoms with van der Waals surface area (Å²) >= 11 is 0. The number of ether oxygens (including phenoxy) is 1. The van der Waals surface area contributed by atoms with E-state index in [1.165, 1.54) is 0 Å². The summed E-state index contributed by atoms with van der Waals surface area (Å²) in [4.78, 5) is 16.5. The first-order valence-corrected chi connectivity index (χ1v) is 7.50. The zero-order chi connectivity index (χ0) is 15.7. The lowest BCUT2D eigenvalue weighted by Gasteiger charge is -2.30. The first kappa shape index (κ1) is 14.8. The highest BCUT2D eigenvalue weighted by atomic mass is 16.5. The highest BCUT2D eigenvalue weighted by Crippen LogP contribution is 2.28. The van der Waals surface area contributed by atoms with E-state index in [0.717, 1.165) is 24.3 Å². The number of hydrogen-bond donors (Lipinski definition) is 1. The van der Waals surface area contributed by atoms with E-state index in [2.05, 4.69) is 10.3 Å². The second-order valence-electron chi connectivity index (χ2n) is 5.81. The number of aromatic nitrogens is 2. The van der Waals surface area contributed by atoms with E-state index in [0.29, 0.717) is 17.9 Å². The van der Waals surface area contributed by atoms with Gasteiger partial charge in [0, 0.05) is 19.7 Å². The van der Waals surface area contributed by atoms with Crippen molar-refractivity contribution in [3.05, 3.63) is 41.4 Å². The Balaban J connectivity index is 1.67. The third kappa shape index (κ3) is 2.92. The van der Waals surface area contributed by atoms with Crippen molar-refractivity contribution in [1.29, 1.82) is 0 Å². The molecule has 118 valence electrons. The fraction of sp³-hybridized carbons (Fsp3) is 0.500. The van der Waals surface area contributed by atoms with Crippen molar-refractivity contribution < 1.29 is 13.9 Å². The maximum absolute atomic E-state index is 12.4. The summed E-state index contributed by atoms with van der Waals surface area (Å²) in [6.45, 7) is 4.28. The molecule has 2 aromatic rings. The molecule has 2 atom stereocenters. The van der Waals surface area contributed by atoms with Crippen LogP contribution < -0.4 is 5.32 Å². The van der Waals surface area contributed by atoms with Crippen molar-refractivity contribution in [2.75, 3.05) is 6.61 Å². The van der Waals surface area contributed by atoms with Crippen molar-refractivity contribution in [3.8, 4) is 0 Å². The van der Waals surface area contributed by atoms with Gasteiger partial charge >= 0.3 is 0 Å². The Morgan fingerprint density at radius 1 is 1.45 bits per heavy atom. The van der Waals surface area contributed by atoms with Crippen molar-refractivity contribution in [1.82, 2.24) is 14.9 Å². The highest BCUT2D eigenvalue weighted by Gasteiger charge is 2.27. The molecule has 1 amide bonds. The summed E-state index contributed by atoms with van der Waals surface area (Å²) < 4.78 is 13.2. The van der Waals surface area contributed by atoms with Gasteiger partial charge in [-0.2, -0.15) is 0 Å². The highest BCUT2D eigenvalue weighted by molar-refractivity contribution is 5.95. The van der Waals surface area contributed by atoms with Crippen LogP contribution in [0.2, 0.25) is 0 Å². The van der Waals surface area contributed by atoms with Crippen LogP contribution in [0.5, 0.6) is 0 Å². The molecule has 0 bridgehead atoms. The number of imidazole rings is 1. The smallest absolute Gasteiger partial charge is 0.255 e. The normalized spacial score (nSPS) is 21.8. The summed E-state index contributed by atoms with van der Waals surface area (Å²) in [6, 6.07) is 1.87. The molecular formula is C16H21N3O3. The molecule has 0 aromatic carbocycles. The van der Waals surface area contributed by atoms with Crippen molar-refractivity contribution in [2.45, 2.75) is 38.8 Å². The van der Waals surface area contributed by atoms with Crippen LogP contribution in [0, 0.1) is 13.8 Å². The monoisotopic (exact) mass is 303 g/mol. The van der Waals surface area contributed by atoms with Gasteiger partial charge in [0.05, 0.1) is 23.8 Å². The minimum absolute atomic E-state index is 0.0290. The van der Waals surface area contributed by atoms with E-state index in [1.807, 2.05) is 31.7 Å². The molecule has 0 spiro atoms. The van der Waals surface area contributed by atoms with Crippen molar-refractivity contribution >= 4 is 5.91 Å². The van der Waals surface area contributed by atoms with Gasteiger partial charge in [0.2, 0.25) is 0 Å². The number of aryl methyl sites for hydroxylation is 3. The van der Waals surface area contributed by atoms with Crippen LogP contribution in [0.15, 0.2) is 23.0 Å². The van der Waals surface area contributed by atoms with E-state index in [1.54, 1.807) is 12.4 Å².